The first kappa shape index (κ1) is 13.2. The fourth-order valence-electron chi connectivity index (χ4n) is 1.65. The molecule has 0 atom stereocenters. The van der Waals surface area contributed by atoms with Crippen molar-refractivity contribution in [3.8, 4) is 0 Å². The van der Waals surface area contributed by atoms with Gasteiger partial charge in [0, 0.05) is 18.7 Å². The Morgan fingerprint density at radius 3 is 2.62 bits per heavy atom. The van der Waals surface area contributed by atoms with Crippen LogP contribution in [-0.4, -0.2) is 22.6 Å². The maximum Gasteiger partial charge on any atom is 0.134 e. The van der Waals surface area contributed by atoms with Crippen LogP contribution < -0.4 is 4.90 Å². The van der Waals surface area contributed by atoms with Crippen molar-refractivity contribution in [2.45, 2.75) is 46.1 Å². The van der Waals surface area contributed by atoms with E-state index in [1.807, 2.05) is 6.07 Å². The fraction of sp³-hybridized carbons (Fsp3) is 0.667. The normalized spacial score (nSPS) is 10.8. The van der Waals surface area contributed by atoms with E-state index >= 15 is 0 Å². The minimum atomic E-state index is 0.433. The van der Waals surface area contributed by atoms with Gasteiger partial charge in [-0.25, -0.2) is 9.97 Å². The molecule has 3 nitrogen and oxygen atoms in total. The summed E-state index contributed by atoms with van der Waals surface area (Å²) in [6.45, 7) is 7.57. The molecule has 0 saturated carbocycles. The van der Waals surface area contributed by atoms with Crippen LogP contribution in [0.5, 0.6) is 0 Å². The third-order valence-corrected chi connectivity index (χ3v) is 2.75. The van der Waals surface area contributed by atoms with Crippen LogP contribution in [0.2, 0.25) is 5.15 Å². The van der Waals surface area contributed by atoms with Crippen molar-refractivity contribution in [2.24, 2.45) is 0 Å². The van der Waals surface area contributed by atoms with Gasteiger partial charge in [0.1, 0.15) is 17.3 Å². The van der Waals surface area contributed by atoms with Gasteiger partial charge in [-0.1, -0.05) is 31.4 Å². The third kappa shape index (κ3) is 3.97. The first-order chi connectivity index (χ1) is 7.65. The first-order valence-electron chi connectivity index (χ1n) is 5.89. The predicted molar refractivity (Wildman–Crippen MR) is 69.0 cm³/mol. The Morgan fingerprint density at radius 1 is 1.31 bits per heavy atom. The Kier molecular flexibility index (Phi) is 5.53. The number of halogens is 1. The predicted octanol–water partition coefficient (Wildman–Crippen LogP) is 3.54. The minimum absolute atomic E-state index is 0.433. The van der Waals surface area contributed by atoms with E-state index in [0.717, 1.165) is 12.4 Å². The molecule has 0 spiro atoms. The summed E-state index contributed by atoms with van der Waals surface area (Å²) in [6, 6.07) is 2.26. The second kappa shape index (κ2) is 6.69. The monoisotopic (exact) mass is 241 g/mol. The van der Waals surface area contributed by atoms with E-state index in [9.17, 15) is 0 Å². The van der Waals surface area contributed by atoms with Crippen LogP contribution in [0.4, 0.5) is 5.82 Å². The molecular weight excluding hydrogens is 222 g/mol. The van der Waals surface area contributed by atoms with Crippen molar-refractivity contribution in [2.75, 3.05) is 11.4 Å². The zero-order valence-corrected chi connectivity index (χ0v) is 11.0. The molecule has 0 unspecified atom stereocenters. The highest BCUT2D eigenvalue weighted by Crippen LogP contribution is 2.17. The van der Waals surface area contributed by atoms with Crippen LogP contribution in [0.15, 0.2) is 12.4 Å². The minimum Gasteiger partial charge on any atom is -0.354 e. The number of nitrogens with zero attached hydrogens (tertiary/aromatic N) is 3. The lowest BCUT2D eigenvalue weighted by Gasteiger charge is -2.27. The van der Waals surface area contributed by atoms with Gasteiger partial charge in [-0.15, -0.1) is 0 Å². The maximum absolute atomic E-state index is 5.88. The summed E-state index contributed by atoms with van der Waals surface area (Å²) in [5, 5.41) is 0.506. The summed E-state index contributed by atoms with van der Waals surface area (Å²) < 4.78 is 0. The zero-order chi connectivity index (χ0) is 12.0. The van der Waals surface area contributed by atoms with Crippen molar-refractivity contribution in [1.29, 1.82) is 0 Å². The van der Waals surface area contributed by atoms with E-state index in [1.165, 1.54) is 25.6 Å². The lowest BCUT2D eigenvalue weighted by atomic mass is 10.2. The van der Waals surface area contributed by atoms with Crippen LogP contribution in [0.25, 0.3) is 0 Å². The highest BCUT2D eigenvalue weighted by molar-refractivity contribution is 6.29. The van der Waals surface area contributed by atoms with Gasteiger partial charge < -0.3 is 4.90 Å². The molecule has 0 radical (unpaired) electrons. The van der Waals surface area contributed by atoms with Gasteiger partial charge in [-0.05, 0) is 20.3 Å². The molecule has 90 valence electrons. The lowest BCUT2D eigenvalue weighted by molar-refractivity contribution is 0.619. The van der Waals surface area contributed by atoms with Gasteiger partial charge in [0.05, 0.1) is 0 Å². The summed E-state index contributed by atoms with van der Waals surface area (Å²) in [5.41, 5.74) is 0. The number of unbranched alkanes of at least 4 members (excludes halogenated alkanes) is 2. The number of hydrogen-bond donors (Lipinski definition) is 0. The summed E-state index contributed by atoms with van der Waals surface area (Å²) in [4.78, 5) is 10.4. The molecule has 0 saturated heterocycles. The van der Waals surface area contributed by atoms with Gasteiger partial charge in [0.25, 0.3) is 0 Å². The fourth-order valence-corrected chi connectivity index (χ4v) is 1.79. The molecule has 0 fully saturated rings. The Labute approximate surface area is 103 Å². The molecule has 1 rings (SSSR count). The third-order valence-electron chi connectivity index (χ3n) is 2.54. The smallest absolute Gasteiger partial charge is 0.134 e. The summed E-state index contributed by atoms with van der Waals surface area (Å²) in [6.07, 6.45) is 5.20. The van der Waals surface area contributed by atoms with Crippen molar-refractivity contribution in [1.82, 2.24) is 9.97 Å². The molecule has 0 aromatic carbocycles. The molecule has 0 bridgehead atoms. The molecule has 4 heteroatoms. The van der Waals surface area contributed by atoms with Crippen LogP contribution in [0, 0.1) is 0 Å². The van der Waals surface area contributed by atoms with Gasteiger partial charge in [-0.2, -0.15) is 0 Å². The summed E-state index contributed by atoms with van der Waals surface area (Å²) in [5.74, 6) is 0.922. The summed E-state index contributed by atoms with van der Waals surface area (Å²) in [7, 11) is 0. The maximum atomic E-state index is 5.88. The Bertz CT molecular complexity index is 315. The van der Waals surface area contributed by atoms with Crippen LogP contribution in [-0.2, 0) is 0 Å². The molecule has 0 N–H and O–H groups in total. The van der Waals surface area contributed by atoms with E-state index in [0.29, 0.717) is 11.2 Å². The van der Waals surface area contributed by atoms with Crippen molar-refractivity contribution >= 4 is 17.4 Å². The van der Waals surface area contributed by atoms with Crippen LogP contribution in [0.3, 0.4) is 0 Å². The quantitative estimate of drug-likeness (QED) is 0.564. The molecule has 1 aromatic heterocycles. The topological polar surface area (TPSA) is 29.0 Å². The second-order valence-electron chi connectivity index (χ2n) is 4.19. The number of rotatable bonds is 6. The molecule has 0 amide bonds. The van der Waals surface area contributed by atoms with Gasteiger partial charge in [0.15, 0.2) is 0 Å². The largest absolute Gasteiger partial charge is 0.354 e. The van der Waals surface area contributed by atoms with Crippen molar-refractivity contribution in [3.05, 3.63) is 17.5 Å². The molecule has 16 heavy (non-hydrogen) atoms. The molecular formula is C12H20ClN3. The van der Waals surface area contributed by atoms with Gasteiger partial charge >= 0.3 is 0 Å². The Balaban J connectivity index is 2.69. The number of hydrogen-bond acceptors (Lipinski definition) is 3. The zero-order valence-electron chi connectivity index (χ0n) is 10.3. The van der Waals surface area contributed by atoms with Crippen LogP contribution >= 0.6 is 11.6 Å². The Hall–Kier alpha value is -0.830. The van der Waals surface area contributed by atoms with Gasteiger partial charge in [0.2, 0.25) is 0 Å². The number of anilines is 1. The molecule has 0 aliphatic rings. The van der Waals surface area contributed by atoms with Crippen molar-refractivity contribution in [3.63, 3.8) is 0 Å². The van der Waals surface area contributed by atoms with Crippen molar-refractivity contribution < 1.29 is 0 Å². The second-order valence-corrected chi connectivity index (χ2v) is 4.58. The standard InChI is InChI=1S/C12H20ClN3/c1-4-5-6-7-16(10(2)3)12-8-11(13)14-9-15-12/h8-10H,4-7H2,1-3H3. The molecule has 1 heterocycles. The number of aromatic nitrogens is 2. The highest BCUT2D eigenvalue weighted by Gasteiger charge is 2.11. The van der Waals surface area contributed by atoms with E-state index in [2.05, 4.69) is 35.6 Å². The lowest BCUT2D eigenvalue weighted by Crippen LogP contribution is -2.32. The van der Waals surface area contributed by atoms with E-state index < -0.39 is 0 Å². The highest BCUT2D eigenvalue weighted by atomic mass is 35.5. The average molecular weight is 242 g/mol. The van der Waals surface area contributed by atoms with E-state index in [1.54, 1.807) is 0 Å². The van der Waals surface area contributed by atoms with Crippen LogP contribution in [0.1, 0.15) is 40.0 Å². The van der Waals surface area contributed by atoms with E-state index in [4.69, 9.17) is 11.6 Å². The Morgan fingerprint density at radius 2 is 2.06 bits per heavy atom. The molecule has 0 aliphatic heterocycles. The van der Waals surface area contributed by atoms with Gasteiger partial charge in [-0.3, -0.25) is 0 Å². The molecule has 1 aromatic rings. The average Bonchev–Trinajstić information content (AvgIpc) is 2.24. The van der Waals surface area contributed by atoms with E-state index in [-0.39, 0.29) is 0 Å². The summed E-state index contributed by atoms with van der Waals surface area (Å²) >= 11 is 5.88. The molecule has 0 aliphatic carbocycles. The first-order valence-corrected chi connectivity index (χ1v) is 6.27. The SMILES string of the molecule is CCCCCN(c1cc(Cl)ncn1)C(C)C.